The first-order valence-corrected chi connectivity index (χ1v) is 7.22. The van der Waals surface area contributed by atoms with E-state index in [1.807, 2.05) is 36.4 Å². The molecule has 0 heterocycles. The van der Waals surface area contributed by atoms with E-state index in [4.69, 9.17) is 0 Å². The van der Waals surface area contributed by atoms with Crippen molar-refractivity contribution in [3.8, 4) is 0 Å². The van der Waals surface area contributed by atoms with Crippen LogP contribution in [0.1, 0.15) is 0 Å². The monoisotopic (exact) mass is 282 g/mol. The fraction of sp³-hybridized carbons (Fsp3) is 0. The standard InChI is InChI=1S/C20H10O2/c21-19-15-9-3-7-13-11-5-1-2-6-12(11)14-8-4-10-16(20(19)22)18(14)17(13)15/h1-10H. The van der Waals surface area contributed by atoms with Crippen molar-refractivity contribution in [2.75, 3.05) is 0 Å². The third-order valence-corrected chi connectivity index (χ3v) is 4.58. The minimum Gasteiger partial charge on any atom is -0.285 e. The molecule has 0 N–H and O–H groups in total. The molecule has 0 atom stereocenters. The van der Waals surface area contributed by atoms with Crippen molar-refractivity contribution in [3.63, 3.8) is 0 Å². The van der Waals surface area contributed by atoms with Gasteiger partial charge in [0.2, 0.25) is 10.9 Å². The second-order valence-corrected chi connectivity index (χ2v) is 5.66. The van der Waals surface area contributed by atoms with Gasteiger partial charge in [-0.3, -0.25) is 9.59 Å². The zero-order valence-corrected chi connectivity index (χ0v) is 11.6. The van der Waals surface area contributed by atoms with Crippen molar-refractivity contribution in [3.05, 3.63) is 81.1 Å². The van der Waals surface area contributed by atoms with Crippen molar-refractivity contribution in [2.24, 2.45) is 0 Å². The predicted octanol–water partition coefficient (Wildman–Crippen LogP) is 3.90. The maximum absolute atomic E-state index is 12.4. The summed E-state index contributed by atoms with van der Waals surface area (Å²) in [5.74, 6) is 0. The van der Waals surface area contributed by atoms with Gasteiger partial charge in [0.25, 0.3) is 0 Å². The average Bonchev–Trinajstić information content (AvgIpc) is 2.58. The number of rotatable bonds is 0. The molecule has 0 aliphatic carbocycles. The Morgan fingerprint density at radius 3 is 1.23 bits per heavy atom. The fourth-order valence-corrected chi connectivity index (χ4v) is 3.67. The Kier molecular flexibility index (Phi) is 2.01. The van der Waals surface area contributed by atoms with Crippen LogP contribution < -0.4 is 10.9 Å². The summed E-state index contributed by atoms with van der Waals surface area (Å²) >= 11 is 0. The minimum atomic E-state index is -0.402. The van der Waals surface area contributed by atoms with Crippen molar-refractivity contribution in [2.45, 2.75) is 0 Å². The molecule has 0 fully saturated rings. The van der Waals surface area contributed by atoms with Gasteiger partial charge in [-0.25, -0.2) is 0 Å². The van der Waals surface area contributed by atoms with Gasteiger partial charge in [0, 0.05) is 21.5 Å². The van der Waals surface area contributed by atoms with Gasteiger partial charge in [-0.05, 0) is 21.5 Å². The van der Waals surface area contributed by atoms with E-state index < -0.39 is 10.9 Å². The lowest BCUT2D eigenvalue weighted by atomic mass is 9.89. The first kappa shape index (κ1) is 11.6. The Balaban J connectivity index is 2.39. The van der Waals surface area contributed by atoms with E-state index >= 15 is 0 Å². The van der Waals surface area contributed by atoms with Crippen molar-refractivity contribution >= 4 is 43.1 Å². The average molecular weight is 282 g/mol. The number of hydrogen-bond acceptors (Lipinski definition) is 2. The molecular formula is C20H10O2. The summed E-state index contributed by atoms with van der Waals surface area (Å²) in [5, 5.41) is 7.18. The van der Waals surface area contributed by atoms with Crippen molar-refractivity contribution < 1.29 is 0 Å². The molecule has 102 valence electrons. The molecule has 0 amide bonds. The van der Waals surface area contributed by atoms with Gasteiger partial charge in [0.1, 0.15) is 0 Å². The summed E-state index contributed by atoms with van der Waals surface area (Å²) in [7, 11) is 0. The lowest BCUT2D eigenvalue weighted by Gasteiger charge is -2.13. The predicted molar refractivity (Wildman–Crippen MR) is 91.4 cm³/mol. The summed E-state index contributed by atoms with van der Waals surface area (Å²) in [6, 6.07) is 19.4. The Morgan fingerprint density at radius 1 is 0.409 bits per heavy atom. The highest BCUT2D eigenvalue weighted by atomic mass is 16.2. The summed E-state index contributed by atoms with van der Waals surface area (Å²) < 4.78 is 0. The largest absolute Gasteiger partial charge is 0.285 e. The maximum Gasteiger partial charge on any atom is 0.234 e. The molecule has 0 aliphatic heterocycles. The lowest BCUT2D eigenvalue weighted by Crippen LogP contribution is -2.24. The molecule has 2 heteroatoms. The highest BCUT2D eigenvalue weighted by molar-refractivity contribution is 6.33. The molecule has 0 unspecified atom stereocenters. The van der Waals surface area contributed by atoms with E-state index in [0.717, 1.165) is 32.3 Å². The molecule has 5 aromatic rings. The number of hydrogen-bond donors (Lipinski definition) is 0. The summed E-state index contributed by atoms with van der Waals surface area (Å²) in [6.45, 7) is 0. The molecule has 0 radical (unpaired) electrons. The van der Waals surface area contributed by atoms with Crippen LogP contribution in [0.15, 0.2) is 70.3 Å². The van der Waals surface area contributed by atoms with Crippen LogP contribution in [-0.2, 0) is 0 Å². The van der Waals surface area contributed by atoms with E-state index in [1.165, 1.54) is 0 Å². The SMILES string of the molecule is O=c1c(=O)c2cccc3c4ccccc4c4cccc1c4c23. The van der Waals surface area contributed by atoms with Crippen LogP contribution in [0, 0.1) is 0 Å². The van der Waals surface area contributed by atoms with Crippen LogP contribution in [0.25, 0.3) is 43.1 Å². The van der Waals surface area contributed by atoms with Gasteiger partial charge < -0.3 is 0 Å². The normalized spacial score (nSPS) is 12.0. The van der Waals surface area contributed by atoms with Crippen molar-refractivity contribution in [1.29, 1.82) is 0 Å². The van der Waals surface area contributed by atoms with Gasteiger partial charge >= 0.3 is 0 Å². The van der Waals surface area contributed by atoms with E-state index in [0.29, 0.717) is 10.8 Å². The Bertz CT molecular complexity index is 1200. The molecule has 0 spiro atoms. The second kappa shape index (κ2) is 3.80. The molecule has 5 rings (SSSR count). The Hall–Kier alpha value is -3.00. The zero-order valence-electron chi connectivity index (χ0n) is 11.6. The van der Waals surface area contributed by atoms with Gasteiger partial charge in [-0.15, -0.1) is 0 Å². The molecule has 0 bridgehead atoms. The van der Waals surface area contributed by atoms with Gasteiger partial charge in [-0.2, -0.15) is 0 Å². The van der Waals surface area contributed by atoms with Crippen LogP contribution >= 0.6 is 0 Å². The number of fused-ring (bicyclic) bond motifs is 3. The molecule has 0 saturated carbocycles. The van der Waals surface area contributed by atoms with E-state index in [2.05, 4.69) is 12.1 Å². The molecule has 2 nitrogen and oxygen atoms in total. The summed E-state index contributed by atoms with van der Waals surface area (Å²) in [6.07, 6.45) is 0. The molecule has 22 heavy (non-hydrogen) atoms. The molecule has 5 aromatic carbocycles. The number of benzene rings is 5. The molecule has 0 saturated heterocycles. The fourth-order valence-electron chi connectivity index (χ4n) is 3.67. The first-order chi connectivity index (χ1) is 10.8. The molecule has 0 aromatic heterocycles. The smallest absolute Gasteiger partial charge is 0.234 e. The second-order valence-electron chi connectivity index (χ2n) is 5.66. The van der Waals surface area contributed by atoms with E-state index in [-0.39, 0.29) is 0 Å². The molecular weight excluding hydrogens is 272 g/mol. The third kappa shape index (κ3) is 1.21. The lowest BCUT2D eigenvalue weighted by molar-refractivity contribution is 1.60. The van der Waals surface area contributed by atoms with Gasteiger partial charge in [0.15, 0.2) is 0 Å². The highest BCUT2D eigenvalue weighted by Crippen LogP contribution is 2.38. The van der Waals surface area contributed by atoms with Crippen LogP contribution in [0.2, 0.25) is 0 Å². The van der Waals surface area contributed by atoms with E-state index in [9.17, 15) is 9.59 Å². The maximum atomic E-state index is 12.4. The van der Waals surface area contributed by atoms with Crippen LogP contribution in [-0.4, -0.2) is 0 Å². The van der Waals surface area contributed by atoms with Crippen LogP contribution in [0.4, 0.5) is 0 Å². The van der Waals surface area contributed by atoms with Crippen LogP contribution in [0.5, 0.6) is 0 Å². The highest BCUT2D eigenvalue weighted by Gasteiger charge is 2.17. The van der Waals surface area contributed by atoms with Gasteiger partial charge in [0.05, 0.1) is 0 Å². The molecule has 0 aliphatic rings. The first-order valence-electron chi connectivity index (χ1n) is 7.22. The van der Waals surface area contributed by atoms with Crippen LogP contribution in [0.3, 0.4) is 0 Å². The minimum absolute atomic E-state index is 0.402. The Labute approximate surface area is 124 Å². The van der Waals surface area contributed by atoms with E-state index in [1.54, 1.807) is 12.1 Å². The topological polar surface area (TPSA) is 34.1 Å². The van der Waals surface area contributed by atoms with Crippen molar-refractivity contribution in [1.82, 2.24) is 0 Å². The zero-order chi connectivity index (χ0) is 14.8. The van der Waals surface area contributed by atoms with Gasteiger partial charge in [-0.1, -0.05) is 60.7 Å². The summed E-state index contributed by atoms with van der Waals surface area (Å²) in [5.41, 5.74) is -0.804. The Morgan fingerprint density at radius 2 is 0.773 bits per heavy atom. The quantitative estimate of drug-likeness (QED) is 0.245. The third-order valence-electron chi connectivity index (χ3n) is 4.58. The summed E-state index contributed by atoms with van der Waals surface area (Å²) in [4.78, 5) is 24.9.